The first-order chi connectivity index (χ1) is 13.5. The average molecular weight is 411 g/mol. The van der Waals surface area contributed by atoms with Crippen LogP contribution in [-0.4, -0.2) is 11.8 Å². The van der Waals surface area contributed by atoms with Gasteiger partial charge in [-0.15, -0.1) is 0 Å². The molecule has 0 saturated heterocycles. The van der Waals surface area contributed by atoms with Gasteiger partial charge in [0, 0.05) is 17.0 Å². The third-order valence-corrected chi connectivity index (χ3v) is 5.06. The molecule has 0 aromatic heterocycles. The molecule has 5 nitrogen and oxygen atoms in total. The van der Waals surface area contributed by atoms with E-state index >= 15 is 0 Å². The molecule has 1 fully saturated rings. The highest BCUT2D eigenvalue weighted by atomic mass is 35.5. The lowest BCUT2D eigenvalue weighted by Gasteiger charge is -2.09. The Morgan fingerprint density at radius 1 is 0.929 bits per heavy atom. The smallest absolute Gasteiger partial charge is 0.315 e. The predicted octanol–water partition coefficient (Wildman–Crippen LogP) is 4.81. The van der Waals surface area contributed by atoms with Crippen molar-refractivity contribution in [2.24, 2.45) is 11.8 Å². The molecule has 0 amide bonds. The minimum Gasteiger partial charge on any atom is -0.423 e. The van der Waals surface area contributed by atoms with Crippen LogP contribution in [0.15, 0.2) is 54.1 Å². The van der Waals surface area contributed by atoms with E-state index < -0.39 is 17.8 Å². The van der Waals surface area contributed by atoms with Crippen molar-refractivity contribution >= 4 is 40.7 Å². The second-order valence-corrected chi connectivity index (χ2v) is 6.97. The van der Waals surface area contributed by atoms with Gasteiger partial charge >= 0.3 is 5.97 Å². The van der Waals surface area contributed by atoms with E-state index in [0.29, 0.717) is 22.6 Å². The van der Waals surface area contributed by atoms with Crippen LogP contribution in [0.1, 0.15) is 22.3 Å². The molecule has 0 bridgehead atoms. The molecule has 0 N–H and O–H groups in total. The number of hydrogen-bond acceptors (Lipinski definition) is 5. The number of halogens is 2. The zero-order chi connectivity index (χ0) is 20.3. The van der Waals surface area contributed by atoms with Gasteiger partial charge in [0.1, 0.15) is 12.1 Å². The predicted molar refractivity (Wildman–Crippen MR) is 103 cm³/mol. The van der Waals surface area contributed by atoms with Gasteiger partial charge in [-0.3, -0.25) is 9.59 Å². The molecule has 0 heterocycles. The Morgan fingerprint density at radius 2 is 1.61 bits per heavy atom. The quantitative estimate of drug-likeness (QED) is 0.305. The Morgan fingerprint density at radius 3 is 2.21 bits per heavy atom. The van der Waals surface area contributed by atoms with Crippen LogP contribution in [0, 0.1) is 34.5 Å². The Kier molecular flexibility index (Phi) is 5.80. The van der Waals surface area contributed by atoms with Gasteiger partial charge in [-0.05, 0) is 24.6 Å². The van der Waals surface area contributed by atoms with E-state index in [2.05, 4.69) is 0 Å². The number of benzene rings is 2. The molecule has 2 aromatic rings. The Balaban J connectivity index is 1.77. The van der Waals surface area contributed by atoms with Crippen LogP contribution >= 0.6 is 23.2 Å². The van der Waals surface area contributed by atoms with Crippen LogP contribution in [0.5, 0.6) is 0 Å². The van der Waals surface area contributed by atoms with Crippen molar-refractivity contribution in [1.82, 2.24) is 0 Å². The van der Waals surface area contributed by atoms with Gasteiger partial charge in [0.05, 0.1) is 16.0 Å². The van der Waals surface area contributed by atoms with Gasteiger partial charge in [0.15, 0.2) is 17.1 Å². The van der Waals surface area contributed by atoms with Crippen LogP contribution in [0.2, 0.25) is 10.0 Å². The number of nitriles is 2. The maximum atomic E-state index is 12.6. The normalized spacial score (nSPS) is 17.0. The monoisotopic (exact) mass is 410 g/mol. The van der Waals surface area contributed by atoms with Crippen molar-refractivity contribution in [3.63, 3.8) is 0 Å². The Bertz CT molecular complexity index is 1050. The van der Waals surface area contributed by atoms with Gasteiger partial charge in [-0.2, -0.15) is 10.5 Å². The van der Waals surface area contributed by atoms with E-state index in [4.69, 9.17) is 38.5 Å². The highest BCUT2D eigenvalue weighted by Crippen LogP contribution is 2.43. The number of allylic oxidation sites excluding steroid dienone is 1. The number of nitrogens with zero attached hydrogens (tertiary/aromatic N) is 2. The molecule has 1 saturated carbocycles. The highest BCUT2D eigenvalue weighted by Gasteiger charge is 2.49. The summed E-state index contributed by atoms with van der Waals surface area (Å²) in [6.07, 6.45) is 0.328. The summed E-state index contributed by atoms with van der Waals surface area (Å²) in [7, 11) is 0. The molecule has 3 rings (SSSR count). The fourth-order valence-electron chi connectivity index (χ4n) is 2.76. The molecule has 2 aromatic carbocycles. The summed E-state index contributed by atoms with van der Waals surface area (Å²) in [6, 6.07) is 16.4. The second-order valence-electron chi connectivity index (χ2n) is 6.16. The zero-order valence-electron chi connectivity index (χ0n) is 14.4. The topological polar surface area (TPSA) is 90.9 Å². The van der Waals surface area contributed by atoms with E-state index in [0.717, 1.165) is 0 Å². The SMILES string of the molecule is N#CC(C#N)=C(OC(=O)[C@@H]1C[C@H]1C(=O)c1ccc(Cl)c(Cl)c1)c1ccccc1. The van der Waals surface area contributed by atoms with Crippen molar-refractivity contribution in [3.8, 4) is 12.1 Å². The molecular formula is C21H12Cl2N2O3. The number of ether oxygens (including phenoxy) is 1. The van der Waals surface area contributed by atoms with Crippen molar-refractivity contribution in [3.05, 3.63) is 75.3 Å². The van der Waals surface area contributed by atoms with Crippen LogP contribution in [0.25, 0.3) is 5.76 Å². The lowest BCUT2D eigenvalue weighted by atomic mass is 10.1. The van der Waals surface area contributed by atoms with Crippen molar-refractivity contribution < 1.29 is 14.3 Å². The minimum absolute atomic E-state index is 0.108. The van der Waals surface area contributed by atoms with E-state index in [1.165, 1.54) is 12.1 Å². The lowest BCUT2D eigenvalue weighted by molar-refractivity contribution is -0.138. The first-order valence-electron chi connectivity index (χ1n) is 8.27. The second kappa shape index (κ2) is 8.27. The number of carbonyl (C=O) groups is 2. The molecule has 0 radical (unpaired) electrons. The number of esters is 1. The lowest BCUT2D eigenvalue weighted by Crippen LogP contribution is -2.12. The molecule has 1 aliphatic rings. The van der Waals surface area contributed by atoms with Gasteiger partial charge < -0.3 is 4.74 Å². The fourth-order valence-corrected chi connectivity index (χ4v) is 3.05. The highest BCUT2D eigenvalue weighted by molar-refractivity contribution is 6.42. The summed E-state index contributed by atoms with van der Waals surface area (Å²) >= 11 is 11.8. The van der Waals surface area contributed by atoms with Crippen LogP contribution < -0.4 is 0 Å². The van der Waals surface area contributed by atoms with Gasteiger partial charge in [0.25, 0.3) is 0 Å². The molecule has 0 aliphatic heterocycles. The Hall–Kier alpha value is -3.12. The number of ketones is 1. The maximum Gasteiger partial charge on any atom is 0.315 e. The summed E-state index contributed by atoms with van der Waals surface area (Å²) in [5.41, 5.74) is 0.484. The number of hydrogen-bond donors (Lipinski definition) is 0. The maximum absolute atomic E-state index is 12.6. The van der Waals surface area contributed by atoms with E-state index in [1.54, 1.807) is 48.5 Å². The average Bonchev–Trinajstić information content (AvgIpc) is 3.51. The minimum atomic E-state index is -0.653. The van der Waals surface area contributed by atoms with E-state index in [1.807, 2.05) is 0 Å². The largest absolute Gasteiger partial charge is 0.423 e. The van der Waals surface area contributed by atoms with Crippen LogP contribution in [0.4, 0.5) is 0 Å². The van der Waals surface area contributed by atoms with E-state index in [9.17, 15) is 9.59 Å². The van der Waals surface area contributed by atoms with Gasteiger partial charge in [-0.25, -0.2) is 0 Å². The van der Waals surface area contributed by atoms with Gasteiger partial charge in [-0.1, -0.05) is 53.5 Å². The third kappa shape index (κ3) is 4.07. The van der Waals surface area contributed by atoms with Crippen LogP contribution in [-0.2, 0) is 9.53 Å². The molecule has 7 heteroatoms. The molecule has 1 aliphatic carbocycles. The van der Waals surface area contributed by atoms with Crippen molar-refractivity contribution in [1.29, 1.82) is 10.5 Å². The molecule has 2 atom stereocenters. The van der Waals surface area contributed by atoms with Crippen molar-refractivity contribution in [2.75, 3.05) is 0 Å². The molecule has 138 valence electrons. The fraction of sp³-hybridized carbons (Fsp3) is 0.143. The summed E-state index contributed by atoms with van der Waals surface area (Å²) < 4.78 is 5.36. The molecular weight excluding hydrogens is 399 g/mol. The number of Topliss-reactive ketones (excluding diaryl/α,β-unsaturated/α-hetero) is 1. The molecule has 0 spiro atoms. The molecule has 28 heavy (non-hydrogen) atoms. The summed E-state index contributed by atoms with van der Waals surface area (Å²) in [6.45, 7) is 0. The third-order valence-electron chi connectivity index (χ3n) is 4.32. The summed E-state index contributed by atoms with van der Waals surface area (Å²) in [5, 5.41) is 18.9. The Labute approximate surface area is 171 Å². The zero-order valence-corrected chi connectivity index (χ0v) is 15.9. The van der Waals surface area contributed by atoms with Gasteiger partial charge in [0.2, 0.25) is 0 Å². The number of carbonyl (C=O) groups excluding carboxylic acids is 2. The number of rotatable bonds is 5. The standard InChI is InChI=1S/C21H12Cl2N2O3/c22-17-7-6-13(8-18(17)23)19(26)15-9-16(15)21(27)28-20(14(10-24)11-25)12-4-2-1-3-5-12/h1-8,15-16H,9H2/t15-,16-/m1/s1. The van der Waals surface area contributed by atoms with Crippen molar-refractivity contribution in [2.45, 2.75) is 6.42 Å². The van der Waals surface area contributed by atoms with E-state index in [-0.39, 0.29) is 22.1 Å². The molecule has 0 unspecified atom stereocenters. The van der Waals surface area contributed by atoms with Crippen LogP contribution in [0.3, 0.4) is 0 Å². The summed E-state index contributed by atoms with van der Waals surface area (Å²) in [4.78, 5) is 25.1. The summed E-state index contributed by atoms with van der Waals surface area (Å²) in [5.74, 6) is -2.16. The first-order valence-corrected chi connectivity index (χ1v) is 9.02. The first kappa shape index (κ1) is 19.6.